The molecule has 16 heavy (non-hydrogen) atoms. The van der Waals surface area contributed by atoms with Crippen molar-refractivity contribution in [1.82, 2.24) is 0 Å². The van der Waals surface area contributed by atoms with Gasteiger partial charge in [0.1, 0.15) is 0 Å². The quantitative estimate of drug-likeness (QED) is 0.854. The molecule has 0 saturated heterocycles. The van der Waals surface area contributed by atoms with E-state index in [1.165, 1.54) is 11.3 Å². The summed E-state index contributed by atoms with van der Waals surface area (Å²) in [6.07, 6.45) is 0.698. The highest BCUT2D eigenvalue weighted by Crippen LogP contribution is 2.43. The molecule has 2 rings (SSSR count). The summed E-state index contributed by atoms with van der Waals surface area (Å²) in [7, 11) is 0. The lowest BCUT2D eigenvalue weighted by Crippen LogP contribution is -2.24. The molecule has 1 fully saturated rings. The predicted octanol–water partition coefficient (Wildman–Crippen LogP) is 3.14. The molecule has 1 aliphatic rings. The molecular formula is C11H13F2NOS. The average Bonchev–Trinajstić information content (AvgIpc) is 2.66. The molecule has 2 nitrogen and oxygen atoms in total. The van der Waals surface area contributed by atoms with E-state index in [1.54, 1.807) is 11.4 Å². The summed E-state index contributed by atoms with van der Waals surface area (Å²) in [5.74, 6) is -2.92. The van der Waals surface area contributed by atoms with Gasteiger partial charge in [-0.1, -0.05) is 0 Å². The molecule has 0 aromatic carbocycles. The molecule has 0 aliphatic heterocycles. The van der Waals surface area contributed by atoms with Gasteiger partial charge < -0.3 is 5.73 Å². The van der Waals surface area contributed by atoms with E-state index in [4.69, 9.17) is 5.73 Å². The smallest absolute Gasteiger partial charge is 0.249 e. The van der Waals surface area contributed by atoms with E-state index >= 15 is 0 Å². The van der Waals surface area contributed by atoms with Gasteiger partial charge in [-0.3, -0.25) is 4.79 Å². The molecule has 0 bridgehead atoms. The molecule has 1 aromatic heterocycles. The first-order valence-electron chi connectivity index (χ1n) is 5.24. The van der Waals surface area contributed by atoms with Gasteiger partial charge in [-0.25, -0.2) is 8.78 Å². The molecular weight excluding hydrogens is 232 g/mol. The first-order valence-corrected chi connectivity index (χ1v) is 6.12. The van der Waals surface area contributed by atoms with Gasteiger partial charge in [-0.2, -0.15) is 0 Å². The maximum Gasteiger partial charge on any atom is 0.249 e. The fourth-order valence-corrected chi connectivity index (χ4v) is 3.22. The van der Waals surface area contributed by atoms with Crippen LogP contribution in [0.1, 0.15) is 46.8 Å². The molecule has 1 saturated carbocycles. The second kappa shape index (κ2) is 4.13. The van der Waals surface area contributed by atoms with Crippen molar-refractivity contribution in [3.05, 3.63) is 21.9 Å². The van der Waals surface area contributed by atoms with Crippen LogP contribution in [-0.4, -0.2) is 11.8 Å². The first-order chi connectivity index (χ1) is 7.49. The SMILES string of the molecule is NC(=O)c1ccsc1C1CCC(F)(F)CC1. The van der Waals surface area contributed by atoms with Crippen LogP contribution >= 0.6 is 11.3 Å². The summed E-state index contributed by atoms with van der Waals surface area (Å²) < 4.78 is 26.0. The minimum atomic E-state index is -2.53. The van der Waals surface area contributed by atoms with Crippen LogP contribution in [0.4, 0.5) is 8.78 Å². The number of carbonyl (C=O) groups excluding carboxylic acids is 1. The lowest BCUT2D eigenvalue weighted by Gasteiger charge is -2.28. The molecule has 1 aliphatic carbocycles. The van der Waals surface area contributed by atoms with Crippen molar-refractivity contribution >= 4 is 17.2 Å². The fraction of sp³-hybridized carbons (Fsp3) is 0.545. The molecule has 1 amide bonds. The largest absolute Gasteiger partial charge is 0.366 e. The normalized spacial score (nSPS) is 20.9. The number of amides is 1. The number of thiophene rings is 1. The van der Waals surface area contributed by atoms with Crippen molar-refractivity contribution in [2.45, 2.75) is 37.5 Å². The van der Waals surface area contributed by atoms with Crippen molar-refractivity contribution in [2.75, 3.05) is 0 Å². The van der Waals surface area contributed by atoms with Gasteiger partial charge in [-0.05, 0) is 30.2 Å². The molecule has 1 heterocycles. The van der Waals surface area contributed by atoms with Crippen LogP contribution in [0.25, 0.3) is 0 Å². The van der Waals surface area contributed by atoms with Crippen LogP contribution in [-0.2, 0) is 0 Å². The van der Waals surface area contributed by atoms with Crippen LogP contribution in [0.2, 0.25) is 0 Å². The zero-order valence-corrected chi connectivity index (χ0v) is 9.53. The summed E-state index contributed by atoms with van der Waals surface area (Å²) >= 11 is 1.44. The Morgan fingerprint density at radius 2 is 2.06 bits per heavy atom. The number of halogens is 2. The number of primary amides is 1. The van der Waals surface area contributed by atoms with Crippen LogP contribution in [0.15, 0.2) is 11.4 Å². The molecule has 2 N–H and O–H groups in total. The Kier molecular flexibility index (Phi) is 2.97. The molecule has 0 atom stereocenters. The third-order valence-electron chi connectivity index (χ3n) is 3.05. The summed E-state index contributed by atoms with van der Waals surface area (Å²) in [4.78, 5) is 12.0. The van der Waals surface area contributed by atoms with Gasteiger partial charge in [-0.15, -0.1) is 11.3 Å². The molecule has 0 spiro atoms. The zero-order valence-electron chi connectivity index (χ0n) is 8.71. The van der Waals surface area contributed by atoms with E-state index in [0.717, 1.165) is 4.88 Å². The van der Waals surface area contributed by atoms with Crippen molar-refractivity contribution < 1.29 is 13.6 Å². The fourth-order valence-electron chi connectivity index (χ4n) is 2.14. The highest BCUT2D eigenvalue weighted by Gasteiger charge is 2.36. The molecule has 88 valence electrons. The van der Waals surface area contributed by atoms with E-state index in [0.29, 0.717) is 18.4 Å². The van der Waals surface area contributed by atoms with E-state index in [2.05, 4.69) is 0 Å². The lowest BCUT2D eigenvalue weighted by molar-refractivity contribution is -0.0380. The third-order valence-corrected chi connectivity index (χ3v) is 4.13. The number of hydrogen-bond acceptors (Lipinski definition) is 2. The Balaban J connectivity index is 2.14. The lowest BCUT2D eigenvalue weighted by atomic mass is 9.84. The van der Waals surface area contributed by atoms with Gasteiger partial charge in [0.2, 0.25) is 11.8 Å². The van der Waals surface area contributed by atoms with Crippen LogP contribution in [0.3, 0.4) is 0 Å². The Labute approximate surface area is 96.5 Å². The number of carbonyl (C=O) groups is 1. The second-order valence-electron chi connectivity index (χ2n) is 4.19. The summed E-state index contributed by atoms with van der Waals surface area (Å²) in [5, 5.41) is 1.79. The third kappa shape index (κ3) is 2.24. The summed E-state index contributed by atoms with van der Waals surface area (Å²) in [6, 6.07) is 1.68. The van der Waals surface area contributed by atoms with Crippen LogP contribution in [0.5, 0.6) is 0 Å². The van der Waals surface area contributed by atoms with Gasteiger partial charge in [0.05, 0.1) is 5.56 Å². The van der Waals surface area contributed by atoms with Crippen molar-refractivity contribution in [1.29, 1.82) is 0 Å². The number of rotatable bonds is 2. The minimum absolute atomic E-state index is 0.0714. The number of alkyl halides is 2. The number of nitrogens with two attached hydrogens (primary N) is 1. The maximum absolute atomic E-state index is 13.0. The van der Waals surface area contributed by atoms with Crippen LogP contribution in [0, 0.1) is 0 Å². The first kappa shape index (κ1) is 11.5. The molecule has 1 aromatic rings. The monoisotopic (exact) mass is 245 g/mol. The van der Waals surface area contributed by atoms with Gasteiger partial charge in [0.25, 0.3) is 0 Å². The zero-order chi connectivity index (χ0) is 11.8. The molecule has 0 radical (unpaired) electrons. The van der Waals surface area contributed by atoms with E-state index in [9.17, 15) is 13.6 Å². The predicted molar refractivity (Wildman–Crippen MR) is 59.0 cm³/mol. The second-order valence-corrected chi connectivity index (χ2v) is 5.14. The Hall–Kier alpha value is -0.970. The molecule has 5 heteroatoms. The maximum atomic E-state index is 13.0. The Morgan fingerprint density at radius 1 is 1.44 bits per heavy atom. The van der Waals surface area contributed by atoms with Gasteiger partial charge in [0.15, 0.2) is 0 Å². The minimum Gasteiger partial charge on any atom is -0.366 e. The van der Waals surface area contributed by atoms with Gasteiger partial charge in [0, 0.05) is 17.7 Å². The van der Waals surface area contributed by atoms with Gasteiger partial charge >= 0.3 is 0 Å². The average molecular weight is 245 g/mol. The van der Waals surface area contributed by atoms with Crippen LogP contribution < -0.4 is 5.73 Å². The van der Waals surface area contributed by atoms with Crippen molar-refractivity contribution in [3.8, 4) is 0 Å². The van der Waals surface area contributed by atoms with E-state index < -0.39 is 11.8 Å². The number of hydrogen-bond donors (Lipinski definition) is 1. The summed E-state index contributed by atoms with van der Waals surface area (Å²) in [6.45, 7) is 0. The Bertz CT molecular complexity index is 392. The van der Waals surface area contributed by atoms with Crippen molar-refractivity contribution in [3.63, 3.8) is 0 Å². The highest BCUT2D eigenvalue weighted by molar-refractivity contribution is 7.10. The molecule has 0 unspecified atom stereocenters. The Morgan fingerprint density at radius 3 is 2.62 bits per heavy atom. The van der Waals surface area contributed by atoms with Crippen molar-refractivity contribution in [2.24, 2.45) is 5.73 Å². The summed E-state index contributed by atoms with van der Waals surface area (Å²) in [5.41, 5.74) is 5.74. The highest BCUT2D eigenvalue weighted by atomic mass is 32.1. The van der Waals surface area contributed by atoms with E-state index in [-0.39, 0.29) is 18.8 Å². The topological polar surface area (TPSA) is 43.1 Å². The van der Waals surface area contributed by atoms with E-state index in [1.807, 2.05) is 0 Å². The standard InChI is InChI=1S/C11H13F2NOS/c12-11(13)4-1-7(2-5-11)9-8(10(14)15)3-6-16-9/h3,6-7H,1-2,4-5H2,(H2,14,15).